The minimum atomic E-state index is -3.22. The van der Waals surface area contributed by atoms with Crippen LogP contribution in [0, 0.1) is 16.0 Å². The Hall–Kier alpha value is -4.22. The minimum Gasteiger partial charge on any atom is -0.767 e. The number of hydrogen-bond acceptors (Lipinski definition) is 9. The largest absolute Gasteiger partial charge is 1.00 e. The van der Waals surface area contributed by atoms with Crippen LogP contribution < -0.4 is 15.9 Å². The number of benzene rings is 4. The number of thiophene rings is 1. The number of carbonyl (C=O) groups excluding carboxylic acids is 3. The molecular weight excluding hydrogens is 787 g/mol. The molecule has 0 spiro atoms. The van der Waals surface area contributed by atoms with Gasteiger partial charge in [-0.15, -0.1) is 0 Å². The molecular formula is C37H30AgN2O7PS2. The normalized spacial score (nSPS) is 16.0. The van der Waals surface area contributed by atoms with Crippen molar-refractivity contribution in [2.75, 3.05) is 0 Å². The Morgan fingerprint density at radius 2 is 1.40 bits per heavy atom. The SMILES string of the molecule is CC(=O)OC(c1ccsc1)C1C(=O)N(C(C(=O)OCc2ccc([N+](=O)[O-])cc2)=P(c2ccccc2)(c2ccccc2)c2ccccc2)C1[S-].[Ag+]. The third-order valence-electron chi connectivity index (χ3n) is 8.25. The number of esters is 2. The number of rotatable bonds is 11. The maximum Gasteiger partial charge on any atom is 1.00 e. The van der Waals surface area contributed by atoms with Gasteiger partial charge in [0.2, 0.25) is 5.91 Å². The molecule has 0 N–H and O–H groups in total. The van der Waals surface area contributed by atoms with Crippen LogP contribution in [0.5, 0.6) is 0 Å². The first-order valence-electron chi connectivity index (χ1n) is 15.3. The van der Waals surface area contributed by atoms with E-state index in [1.807, 2.05) is 102 Å². The molecule has 1 aliphatic heterocycles. The number of nitro benzene ring substituents is 1. The van der Waals surface area contributed by atoms with E-state index in [9.17, 15) is 24.5 Å². The van der Waals surface area contributed by atoms with Crippen LogP contribution in [0.2, 0.25) is 0 Å². The van der Waals surface area contributed by atoms with Crippen LogP contribution in [0.4, 0.5) is 5.69 Å². The van der Waals surface area contributed by atoms with E-state index in [0.717, 1.165) is 15.9 Å². The number of likely N-dealkylation sites (tertiary alicyclic amines) is 1. The Morgan fingerprint density at radius 1 is 0.880 bits per heavy atom. The van der Waals surface area contributed by atoms with Gasteiger partial charge in [0.05, 0.1) is 10.8 Å². The van der Waals surface area contributed by atoms with Gasteiger partial charge in [-0.2, -0.15) is 11.3 Å². The Labute approximate surface area is 314 Å². The molecule has 1 saturated heterocycles. The van der Waals surface area contributed by atoms with Crippen LogP contribution in [0.1, 0.15) is 24.2 Å². The van der Waals surface area contributed by atoms with Crippen molar-refractivity contribution in [1.29, 1.82) is 0 Å². The number of hydrogen-bond donors (Lipinski definition) is 0. The molecule has 1 amide bonds. The van der Waals surface area contributed by atoms with Crippen molar-refractivity contribution in [3.63, 3.8) is 0 Å². The molecule has 50 heavy (non-hydrogen) atoms. The summed E-state index contributed by atoms with van der Waals surface area (Å²) in [6, 6.07) is 36.1. The van der Waals surface area contributed by atoms with Crippen LogP contribution in [0.15, 0.2) is 132 Å². The van der Waals surface area contributed by atoms with Gasteiger partial charge >= 0.3 is 34.3 Å². The summed E-state index contributed by atoms with van der Waals surface area (Å²) in [5, 5.41) is 16.3. The van der Waals surface area contributed by atoms with Crippen molar-refractivity contribution >= 4 is 75.7 Å². The molecule has 1 aromatic heterocycles. The van der Waals surface area contributed by atoms with Gasteiger partial charge in [0.15, 0.2) is 0 Å². The Bertz CT molecular complexity index is 1930. The van der Waals surface area contributed by atoms with Gasteiger partial charge in [0, 0.05) is 31.5 Å². The molecule has 5 aromatic rings. The summed E-state index contributed by atoms with van der Waals surface area (Å²) in [6.45, 7) is -2.15. The van der Waals surface area contributed by atoms with Crippen LogP contribution in [0.3, 0.4) is 0 Å². The zero-order valence-electron chi connectivity index (χ0n) is 26.5. The number of ether oxygens (including phenoxy) is 2. The zero-order chi connectivity index (χ0) is 34.5. The number of carbonyl (C=O) groups is 3. The van der Waals surface area contributed by atoms with Gasteiger partial charge in [-0.25, -0.2) is 4.79 Å². The second kappa shape index (κ2) is 16.2. The second-order valence-corrected chi connectivity index (χ2v) is 15.8. The summed E-state index contributed by atoms with van der Waals surface area (Å²) >= 11 is 7.47. The smallest absolute Gasteiger partial charge is 0.767 e. The van der Waals surface area contributed by atoms with Crippen LogP contribution in [0.25, 0.3) is 0 Å². The fourth-order valence-corrected chi connectivity index (χ4v) is 11.6. The summed E-state index contributed by atoms with van der Waals surface area (Å²) in [7, 11) is 0. The Morgan fingerprint density at radius 3 is 1.82 bits per heavy atom. The summed E-state index contributed by atoms with van der Waals surface area (Å²) in [5.74, 6) is -2.72. The van der Waals surface area contributed by atoms with E-state index in [2.05, 4.69) is 0 Å². The van der Waals surface area contributed by atoms with Crippen LogP contribution in [-0.4, -0.2) is 38.5 Å². The number of amides is 1. The molecule has 9 nitrogen and oxygen atoms in total. The van der Waals surface area contributed by atoms with E-state index in [4.69, 9.17) is 22.1 Å². The van der Waals surface area contributed by atoms with Crippen molar-refractivity contribution in [2.45, 2.75) is 25.0 Å². The molecule has 0 bridgehead atoms. The van der Waals surface area contributed by atoms with Gasteiger partial charge < -0.3 is 27.0 Å². The molecule has 4 aromatic carbocycles. The zero-order valence-corrected chi connectivity index (χ0v) is 30.5. The molecule has 1 fully saturated rings. The first kappa shape index (κ1) is 37.0. The van der Waals surface area contributed by atoms with Crippen LogP contribution >= 0.6 is 18.2 Å². The van der Waals surface area contributed by atoms with E-state index < -0.39 is 47.1 Å². The van der Waals surface area contributed by atoms with Crippen molar-refractivity contribution in [3.05, 3.63) is 153 Å². The first-order valence-corrected chi connectivity index (χ1v) is 18.5. The standard InChI is InChI=1S/C37H31N2O7PS2.Ag/c1-25(40)46-33(27-21-22-49-24-27)32-34(41)38(36(32)48)35(37(42)45-23-26-17-19-28(20-18-26)39(43)44)47(29-11-5-2-6-12-29,30-13-7-3-8-14-30)31-15-9-4-10-16-31;/h2-22,24,32-33,36,48H,23H2,1H3;/q;+1/p-1. The number of non-ortho nitro benzene ring substituents is 1. The first-order chi connectivity index (χ1) is 23.7. The van der Waals surface area contributed by atoms with E-state index >= 15 is 0 Å². The number of nitrogens with zero attached hydrogens (tertiary/aromatic N) is 2. The van der Waals surface area contributed by atoms with Gasteiger partial charge in [-0.05, 0) is 50.4 Å². The molecule has 13 heteroatoms. The maximum atomic E-state index is 14.8. The van der Waals surface area contributed by atoms with Crippen LogP contribution in [-0.2, 0) is 65.5 Å². The molecule has 1 aliphatic rings. The molecule has 0 aliphatic carbocycles. The van der Waals surface area contributed by atoms with E-state index in [1.165, 1.54) is 47.4 Å². The van der Waals surface area contributed by atoms with Gasteiger partial charge in [-0.3, -0.25) is 19.7 Å². The summed E-state index contributed by atoms with van der Waals surface area (Å²) in [5.41, 5.74) is 1.16. The third-order valence-corrected chi connectivity index (χ3v) is 13.7. The summed E-state index contributed by atoms with van der Waals surface area (Å²) < 4.78 is 11.7. The molecule has 2 heterocycles. The number of β-lactam (4-membered cyclic amide) rings is 1. The van der Waals surface area contributed by atoms with E-state index in [0.29, 0.717) is 11.1 Å². The van der Waals surface area contributed by atoms with Crippen molar-refractivity contribution in [2.24, 2.45) is 5.92 Å². The molecule has 0 saturated carbocycles. The molecule has 6 rings (SSSR count). The predicted molar refractivity (Wildman–Crippen MR) is 193 cm³/mol. The third kappa shape index (κ3) is 7.16. The monoisotopic (exact) mass is 816 g/mol. The van der Waals surface area contributed by atoms with Gasteiger partial charge in [0.25, 0.3) is 5.69 Å². The topological polar surface area (TPSA) is 116 Å². The fourth-order valence-electron chi connectivity index (χ4n) is 6.05. The molecule has 3 atom stereocenters. The predicted octanol–water partition coefficient (Wildman–Crippen LogP) is 5.46. The maximum absolute atomic E-state index is 14.8. The second-order valence-electron chi connectivity index (χ2n) is 11.2. The van der Waals surface area contributed by atoms with Crippen molar-refractivity contribution < 1.29 is 51.2 Å². The average molecular weight is 818 g/mol. The molecule has 3 unspecified atom stereocenters. The quantitative estimate of drug-likeness (QED) is 0.0329. The Kier molecular flexibility index (Phi) is 12.0. The van der Waals surface area contributed by atoms with Gasteiger partial charge in [0.1, 0.15) is 18.1 Å². The van der Waals surface area contributed by atoms with E-state index in [1.54, 1.807) is 6.07 Å². The molecule has 258 valence electrons. The fraction of sp³-hybridized carbons (Fsp3) is 0.135. The molecule has 0 radical (unpaired) electrons. The summed E-state index contributed by atoms with van der Waals surface area (Å²) in [4.78, 5) is 53.6. The number of nitro groups is 1. The minimum absolute atomic E-state index is 0. The summed E-state index contributed by atoms with van der Waals surface area (Å²) in [6.07, 6.45) is -0.940. The van der Waals surface area contributed by atoms with E-state index in [-0.39, 0.29) is 40.1 Å². The van der Waals surface area contributed by atoms with Crippen molar-refractivity contribution in [1.82, 2.24) is 4.90 Å². The average Bonchev–Trinajstić information content (AvgIpc) is 3.67. The van der Waals surface area contributed by atoms with Crippen molar-refractivity contribution in [3.8, 4) is 0 Å². The van der Waals surface area contributed by atoms with Gasteiger partial charge in [-0.1, -0.05) is 96.4 Å². The Balaban J connectivity index is 0.00000486.